The van der Waals surface area contributed by atoms with Gasteiger partial charge in [-0.25, -0.2) is 4.98 Å². The molecule has 0 radical (unpaired) electrons. The number of rotatable bonds is 0. The lowest BCUT2D eigenvalue weighted by Crippen LogP contribution is -2.29. The first-order valence-corrected chi connectivity index (χ1v) is 5.82. The Labute approximate surface area is 104 Å². The summed E-state index contributed by atoms with van der Waals surface area (Å²) >= 11 is 0. The number of hydrogen-bond acceptors (Lipinski definition) is 5. The third-order valence-corrected chi connectivity index (χ3v) is 3.44. The largest absolute Gasteiger partial charge is 0.398 e. The molecule has 3 unspecified atom stereocenters. The Morgan fingerprint density at radius 1 is 1.17 bits per heavy atom. The summed E-state index contributed by atoms with van der Waals surface area (Å²) in [7, 11) is 0. The molecule has 0 fully saturated rings. The fourth-order valence-electron chi connectivity index (χ4n) is 2.50. The van der Waals surface area contributed by atoms with Gasteiger partial charge in [0.1, 0.15) is 6.10 Å². The lowest BCUT2D eigenvalue weighted by atomic mass is 9.87. The van der Waals surface area contributed by atoms with Crippen LogP contribution in [0.1, 0.15) is 29.9 Å². The van der Waals surface area contributed by atoms with E-state index < -0.39 is 18.3 Å². The molecule has 0 saturated heterocycles. The van der Waals surface area contributed by atoms with Gasteiger partial charge in [-0.1, -0.05) is 18.2 Å². The smallest absolute Gasteiger partial charge is 0.109 e. The van der Waals surface area contributed by atoms with Crippen molar-refractivity contribution < 1.29 is 15.3 Å². The number of pyridine rings is 1. The number of hydrogen-bond donors (Lipinski definition) is 4. The molecule has 1 aromatic carbocycles. The highest BCUT2D eigenvalue weighted by Gasteiger charge is 2.35. The zero-order valence-electron chi connectivity index (χ0n) is 9.61. The van der Waals surface area contributed by atoms with Crippen LogP contribution in [0.4, 0.5) is 5.69 Å². The van der Waals surface area contributed by atoms with Gasteiger partial charge in [0.05, 0.1) is 23.4 Å². The molecule has 0 amide bonds. The molecule has 94 valence electrons. The molecule has 0 bridgehead atoms. The van der Waals surface area contributed by atoms with Crippen LogP contribution < -0.4 is 5.73 Å². The van der Waals surface area contributed by atoms with Gasteiger partial charge >= 0.3 is 0 Å². The van der Waals surface area contributed by atoms with Crippen molar-refractivity contribution in [3.05, 3.63) is 35.5 Å². The second-order valence-corrected chi connectivity index (χ2v) is 4.61. The van der Waals surface area contributed by atoms with Crippen LogP contribution in [-0.4, -0.2) is 26.4 Å². The van der Waals surface area contributed by atoms with Crippen molar-refractivity contribution in [1.82, 2.24) is 4.98 Å². The predicted octanol–water partition coefficient (Wildman–Crippen LogP) is 0.648. The fourth-order valence-corrected chi connectivity index (χ4v) is 2.50. The van der Waals surface area contributed by atoms with Crippen LogP contribution in [0.3, 0.4) is 0 Å². The van der Waals surface area contributed by atoms with Gasteiger partial charge in [0, 0.05) is 23.1 Å². The van der Waals surface area contributed by atoms with E-state index in [9.17, 15) is 15.3 Å². The Balaban J connectivity index is 2.35. The van der Waals surface area contributed by atoms with E-state index in [-0.39, 0.29) is 6.42 Å². The molecule has 3 atom stereocenters. The van der Waals surface area contributed by atoms with E-state index >= 15 is 0 Å². The molecule has 5 N–H and O–H groups in total. The maximum atomic E-state index is 10.0. The number of aliphatic hydroxyl groups is 3. The normalized spacial score (nSPS) is 27.2. The van der Waals surface area contributed by atoms with Gasteiger partial charge in [-0.2, -0.15) is 0 Å². The van der Waals surface area contributed by atoms with Crippen LogP contribution in [-0.2, 0) is 0 Å². The molecular weight excluding hydrogens is 232 g/mol. The van der Waals surface area contributed by atoms with E-state index in [1.165, 1.54) is 0 Å². The number of benzene rings is 1. The van der Waals surface area contributed by atoms with E-state index in [0.29, 0.717) is 22.5 Å². The summed E-state index contributed by atoms with van der Waals surface area (Å²) in [5.41, 5.74) is 7.80. The number of aromatic nitrogens is 1. The van der Waals surface area contributed by atoms with Gasteiger partial charge in [-0.15, -0.1) is 0 Å². The first-order chi connectivity index (χ1) is 8.59. The van der Waals surface area contributed by atoms with Gasteiger partial charge in [-0.3, -0.25) is 0 Å². The highest BCUT2D eigenvalue weighted by molar-refractivity contribution is 5.92. The average molecular weight is 246 g/mol. The summed E-state index contributed by atoms with van der Waals surface area (Å²) < 4.78 is 0. The standard InChI is InChI=1S/C13H14N2O3/c14-11-6-3-1-2-4-7(6)15-12-8(16)5-9(17)13(18)10(11)12/h1-4,8-9,13,16-18H,5H2,(H2,14,15). The molecule has 3 rings (SSSR count). The van der Waals surface area contributed by atoms with Crippen LogP contribution in [0.25, 0.3) is 10.9 Å². The number of fused-ring (bicyclic) bond motifs is 2. The van der Waals surface area contributed by atoms with E-state index in [1.54, 1.807) is 12.1 Å². The van der Waals surface area contributed by atoms with Crippen molar-refractivity contribution in [3.8, 4) is 0 Å². The van der Waals surface area contributed by atoms with Crippen molar-refractivity contribution >= 4 is 16.6 Å². The summed E-state index contributed by atoms with van der Waals surface area (Å²) in [6.07, 6.45) is -2.94. The van der Waals surface area contributed by atoms with Crippen LogP contribution in [0.2, 0.25) is 0 Å². The minimum absolute atomic E-state index is 0.0684. The zero-order chi connectivity index (χ0) is 12.9. The third kappa shape index (κ3) is 1.49. The summed E-state index contributed by atoms with van der Waals surface area (Å²) in [4.78, 5) is 4.34. The lowest BCUT2D eigenvalue weighted by Gasteiger charge is -2.30. The van der Waals surface area contributed by atoms with Crippen molar-refractivity contribution in [2.75, 3.05) is 5.73 Å². The predicted molar refractivity (Wildman–Crippen MR) is 66.7 cm³/mol. The molecular formula is C13H14N2O3. The molecule has 5 nitrogen and oxygen atoms in total. The van der Waals surface area contributed by atoms with E-state index in [0.717, 1.165) is 5.39 Å². The number of para-hydroxylation sites is 1. The number of nitrogens with two attached hydrogens (primary N) is 1. The fraction of sp³-hybridized carbons (Fsp3) is 0.308. The molecule has 1 aliphatic carbocycles. The quantitative estimate of drug-likeness (QED) is 0.547. The number of aliphatic hydroxyl groups excluding tert-OH is 3. The third-order valence-electron chi connectivity index (χ3n) is 3.44. The van der Waals surface area contributed by atoms with E-state index in [2.05, 4.69) is 4.98 Å². The van der Waals surface area contributed by atoms with E-state index in [4.69, 9.17) is 5.73 Å². The molecule has 18 heavy (non-hydrogen) atoms. The van der Waals surface area contributed by atoms with Crippen molar-refractivity contribution in [1.29, 1.82) is 0 Å². The van der Waals surface area contributed by atoms with Crippen molar-refractivity contribution in [2.24, 2.45) is 0 Å². The summed E-state index contributed by atoms with van der Waals surface area (Å²) in [5.74, 6) is 0. The average Bonchev–Trinajstić information content (AvgIpc) is 2.36. The van der Waals surface area contributed by atoms with Gasteiger partial charge < -0.3 is 21.1 Å². The SMILES string of the molecule is Nc1c2c(nc3ccccc13)C(O)CC(O)C2O. The van der Waals surface area contributed by atoms with Gasteiger partial charge in [0.2, 0.25) is 0 Å². The summed E-state index contributed by atoms with van der Waals surface area (Å²) in [5, 5.41) is 30.4. The second kappa shape index (κ2) is 3.91. The highest BCUT2D eigenvalue weighted by atomic mass is 16.3. The Kier molecular flexibility index (Phi) is 2.48. The molecule has 1 heterocycles. The van der Waals surface area contributed by atoms with Crippen LogP contribution in [0, 0.1) is 0 Å². The second-order valence-electron chi connectivity index (χ2n) is 4.61. The van der Waals surface area contributed by atoms with Crippen LogP contribution >= 0.6 is 0 Å². The molecule has 1 aromatic heterocycles. The first kappa shape index (κ1) is 11.4. The molecule has 1 aliphatic rings. The molecule has 0 saturated carbocycles. The summed E-state index contributed by atoms with van der Waals surface area (Å²) in [6.45, 7) is 0. The van der Waals surface area contributed by atoms with Gasteiger partial charge in [0.15, 0.2) is 0 Å². The Bertz CT molecular complexity index is 614. The topological polar surface area (TPSA) is 99.6 Å². The first-order valence-electron chi connectivity index (χ1n) is 5.82. The minimum Gasteiger partial charge on any atom is -0.398 e. The highest BCUT2D eigenvalue weighted by Crippen LogP contribution is 2.40. The number of anilines is 1. The molecule has 0 aliphatic heterocycles. The van der Waals surface area contributed by atoms with Crippen molar-refractivity contribution in [2.45, 2.75) is 24.7 Å². The van der Waals surface area contributed by atoms with Crippen LogP contribution in [0.5, 0.6) is 0 Å². The molecule has 2 aromatic rings. The monoisotopic (exact) mass is 246 g/mol. The Morgan fingerprint density at radius 2 is 1.89 bits per heavy atom. The minimum atomic E-state index is -1.10. The number of nitrogens with zero attached hydrogens (tertiary/aromatic N) is 1. The van der Waals surface area contributed by atoms with Crippen LogP contribution in [0.15, 0.2) is 24.3 Å². The number of nitrogen functional groups attached to an aromatic ring is 1. The maximum Gasteiger partial charge on any atom is 0.109 e. The molecule has 5 heteroatoms. The van der Waals surface area contributed by atoms with Gasteiger partial charge in [-0.05, 0) is 6.07 Å². The van der Waals surface area contributed by atoms with E-state index in [1.807, 2.05) is 12.1 Å². The zero-order valence-corrected chi connectivity index (χ0v) is 9.61. The lowest BCUT2D eigenvalue weighted by molar-refractivity contribution is -0.0297. The summed E-state index contributed by atoms with van der Waals surface area (Å²) in [6, 6.07) is 7.27. The van der Waals surface area contributed by atoms with Gasteiger partial charge in [0.25, 0.3) is 0 Å². The maximum absolute atomic E-state index is 10.0. The Morgan fingerprint density at radius 3 is 2.67 bits per heavy atom. The molecule has 0 spiro atoms. The Hall–Kier alpha value is -1.69. The van der Waals surface area contributed by atoms with Crippen molar-refractivity contribution in [3.63, 3.8) is 0 Å².